The van der Waals surface area contributed by atoms with Crippen molar-refractivity contribution in [2.45, 2.75) is 45.3 Å². The van der Waals surface area contributed by atoms with Gasteiger partial charge >= 0.3 is 5.97 Å². The Morgan fingerprint density at radius 3 is 2.33 bits per heavy atom. The molecular formula is C11H21NO3. The van der Waals surface area contributed by atoms with E-state index in [1.165, 1.54) is 0 Å². The number of aliphatic carboxylic acids is 1. The lowest BCUT2D eigenvalue weighted by Crippen LogP contribution is -2.45. The molecule has 0 aromatic rings. The summed E-state index contributed by atoms with van der Waals surface area (Å²) < 4.78 is 0. The summed E-state index contributed by atoms with van der Waals surface area (Å²) in [5, 5.41) is 18.1. The molecule has 2 atom stereocenters. The molecule has 0 saturated carbocycles. The summed E-state index contributed by atoms with van der Waals surface area (Å²) in [4.78, 5) is 12.8. The fourth-order valence-electron chi connectivity index (χ4n) is 2.12. The maximum Gasteiger partial charge on any atom is 0.303 e. The van der Waals surface area contributed by atoms with Crippen molar-refractivity contribution in [3.63, 3.8) is 0 Å². The topological polar surface area (TPSA) is 60.8 Å². The van der Waals surface area contributed by atoms with Crippen LogP contribution in [-0.2, 0) is 4.79 Å². The van der Waals surface area contributed by atoms with Crippen LogP contribution in [0.4, 0.5) is 0 Å². The highest BCUT2D eigenvalue weighted by atomic mass is 16.4. The van der Waals surface area contributed by atoms with Crippen LogP contribution in [0.2, 0.25) is 0 Å². The van der Waals surface area contributed by atoms with E-state index >= 15 is 0 Å². The summed E-state index contributed by atoms with van der Waals surface area (Å²) in [6.45, 7) is 5.63. The first-order valence-electron chi connectivity index (χ1n) is 5.64. The Bertz CT molecular complexity index is 210. The van der Waals surface area contributed by atoms with Crippen molar-refractivity contribution < 1.29 is 15.0 Å². The molecule has 15 heavy (non-hydrogen) atoms. The van der Waals surface area contributed by atoms with E-state index in [0.29, 0.717) is 5.92 Å². The molecule has 4 nitrogen and oxygen atoms in total. The first kappa shape index (κ1) is 12.5. The molecular weight excluding hydrogens is 194 g/mol. The Kier molecular flexibility index (Phi) is 4.54. The van der Waals surface area contributed by atoms with Crippen LogP contribution in [-0.4, -0.2) is 46.3 Å². The van der Waals surface area contributed by atoms with E-state index in [-0.39, 0.29) is 18.6 Å². The van der Waals surface area contributed by atoms with Crippen LogP contribution in [0.25, 0.3) is 0 Å². The van der Waals surface area contributed by atoms with Gasteiger partial charge in [0.05, 0.1) is 6.10 Å². The van der Waals surface area contributed by atoms with Crippen molar-refractivity contribution in [3.8, 4) is 0 Å². The number of rotatable bonds is 4. The van der Waals surface area contributed by atoms with Gasteiger partial charge in [-0.05, 0) is 45.7 Å². The number of hydrogen-bond donors (Lipinski definition) is 2. The second-order valence-corrected chi connectivity index (χ2v) is 4.56. The molecule has 1 heterocycles. The molecule has 0 aromatic heterocycles. The number of aliphatic hydroxyl groups excluding tert-OH is 1. The van der Waals surface area contributed by atoms with E-state index in [1.807, 2.05) is 6.92 Å². The number of aliphatic hydroxyl groups is 1. The molecule has 0 bridgehead atoms. The van der Waals surface area contributed by atoms with Gasteiger partial charge in [0.15, 0.2) is 0 Å². The molecule has 0 aliphatic carbocycles. The van der Waals surface area contributed by atoms with E-state index in [0.717, 1.165) is 25.9 Å². The van der Waals surface area contributed by atoms with E-state index in [1.54, 1.807) is 6.92 Å². The highest BCUT2D eigenvalue weighted by Crippen LogP contribution is 2.22. The maximum absolute atomic E-state index is 10.5. The summed E-state index contributed by atoms with van der Waals surface area (Å²) in [6, 6.07) is 0.177. The summed E-state index contributed by atoms with van der Waals surface area (Å²) in [7, 11) is 0. The van der Waals surface area contributed by atoms with Gasteiger partial charge in [-0.2, -0.15) is 0 Å². The molecule has 0 amide bonds. The first-order chi connectivity index (χ1) is 7.00. The van der Waals surface area contributed by atoms with Crippen LogP contribution >= 0.6 is 0 Å². The smallest absolute Gasteiger partial charge is 0.303 e. The number of carboxylic acids is 1. The highest BCUT2D eigenvalue weighted by molar-refractivity contribution is 5.67. The monoisotopic (exact) mass is 215 g/mol. The van der Waals surface area contributed by atoms with Crippen LogP contribution in [0.5, 0.6) is 0 Å². The number of piperidine rings is 1. The maximum atomic E-state index is 10.5. The molecule has 88 valence electrons. The third-order valence-corrected chi connectivity index (χ3v) is 3.39. The van der Waals surface area contributed by atoms with Crippen molar-refractivity contribution in [1.29, 1.82) is 0 Å². The Balaban J connectivity index is 2.32. The van der Waals surface area contributed by atoms with Gasteiger partial charge in [0.1, 0.15) is 0 Å². The van der Waals surface area contributed by atoms with Crippen LogP contribution in [0.15, 0.2) is 0 Å². The van der Waals surface area contributed by atoms with E-state index in [2.05, 4.69) is 4.90 Å². The SMILES string of the molecule is CC(O)C(C)N1CCC(CC(=O)O)CC1. The first-order valence-corrected chi connectivity index (χ1v) is 5.64. The summed E-state index contributed by atoms with van der Waals surface area (Å²) in [6.07, 6.45) is 1.84. The van der Waals surface area contributed by atoms with Crippen LogP contribution in [0, 0.1) is 5.92 Å². The summed E-state index contributed by atoms with van der Waals surface area (Å²) in [5.74, 6) is -0.378. The minimum Gasteiger partial charge on any atom is -0.481 e. The lowest BCUT2D eigenvalue weighted by Gasteiger charge is -2.36. The van der Waals surface area contributed by atoms with Gasteiger partial charge in [0.25, 0.3) is 0 Å². The largest absolute Gasteiger partial charge is 0.481 e. The predicted octanol–water partition coefficient (Wildman–Crippen LogP) is 0.942. The number of carbonyl (C=O) groups is 1. The average molecular weight is 215 g/mol. The van der Waals surface area contributed by atoms with E-state index in [4.69, 9.17) is 5.11 Å². The van der Waals surface area contributed by atoms with E-state index < -0.39 is 5.97 Å². The molecule has 0 radical (unpaired) electrons. The predicted molar refractivity (Wildman–Crippen MR) is 57.7 cm³/mol. The standard InChI is InChI=1S/C11H21NO3/c1-8(9(2)13)12-5-3-10(4-6-12)7-11(14)15/h8-10,13H,3-7H2,1-2H3,(H,14,15). The van der Waals surface area contributed by atoms with Gasteiger partial charge in [-0.15, -0.1) is 0 Å². The molecule has 1 aliphatic heterocycles. The molecule has 1 fully saturated rings. The van der Waals surface area contributed by atoms with Crippen LogP contribution < -0.4 is 0 Å². The summed E-state index contributed by atoms with van der Waals surface area (Å²) in [5.41, 5.74) is 0. The molecule has 0 spiro atoms. The normalized spacial score (nSPS) is 23.7. The van der Waals surface area contributed by atoms with Crippen molar-refractivity contribution in [2.24, 2.45) is 5.92 Å². The fourth-order valence-corrected chi connectivity index (χ4v) is 2.12. The zero-order valence-corrected chi connectivity index (χ0v) is 9.52. The van der Waals surface area contributed by atoms with E-state index in [9.17, 15) is 9.90 Å². The van der Waals surface area contributed by atoms with Crippen molar-refractivity contribution >= 4 is 5.97 Å². The second kappa shape index (κ2) is 5.47. The van der Waals surface area contributed by atoms with Gasteiger partial charge in [0.2, 0.25) is 0 Å². The molecule has 2 N–H and O–H groups in total. The Hall–Kier alpha value is -0.610. The van der Waals surface area contributed by atoms with Gasteiger partial charge in [0, 0.05) is 12.5 Å². The van der Waals surface area contributed by atoms with Gasteiger partial charge < -0.3 is 10.2 Å². The zero-order valence-electron chi connectivity index (χ0n) is 9.52. The summed E-state index contributed by atoms with van der Waals surface area (Å²) >= 11 is 0. The Labute approximate surface area is 90.9 Å². The minimum atomic E-state index is -0.697. The van der Waals surface area contributed by atoms with Crippen molar-refractivity contribution in [2.75, 3.05) is 13.1 Å². The van der Waals surface area contributed by atoms with Gasteiger partial charge in [-0.1, -0.05) is 0 Å². The Morgan fingerprint density at radius 1 is 1.40 bits per heavy atom. The Morgan fingerprint density at radius 2 is 1.93 bits per heavy atom. The highest BCUT2D eigenvalue weighted by Gasteiger charge is 2.25. The van der Waals surface area contributed by atoms with Crippen LogP contribution in [0.3, 0.4) is 0 Å². The lowest BCUT2D eigenvalue weighted by molar-refractivity contribution is -0.138. The lowest BCUT2D eigenvalue weighted by atomic mass is 9.92. The van der Waals surface area contributed by atoms with Gasteiger partial charge in [-0.3, -0.25) is 9.69 Å². The minimum absolute atomic E-state index is 0.177. The molecule has 4 heteroatoms. The molecule has 1 saturated heterocycles. The third kappa shape index (κ3) is 3.80. The molecule has 1 aliphatic rings. The number of likely N-dealkylation sites (tertiary alicyclic amines) is 1. The zero-order chi connectivity index (χ0) is 11.4. The van der Waals surface area contributed by atoms with Gasteiger partial charge in [-0.25, -0.2) is 0 Å². The average Bonchev–Trinajstić information content (AvgIpc) is 2.17. The van der Waals surface area contributed by atoms with Crippen molar-refractivity contribution in [1.82, 2.24) is 4.90 Å². The van der Waals surface area contributed by atoms with Crippen molar-refractivity contribution in [3.05, 3.63) is 0 Å². The molecule has 2 unspecified atom stereocenters. The number of carboxylic acid groups (broad SMARTS) is 1. The quantitative estimate of drug-likeness (QED) is 0.732. The second-order valence-electron chi connectivity index (χ2n) is 4.56. The fraction of sp³-hybridized carbons (Fsp3) is 0.909. The third-order valence-electron chi connectivity index (χ3n) is 3.39. The molecule has 1 rings (SSSR count). The van der Waals surface area contributed by atoms with Crippen LogP contribution in [0.1, 0.15) is 33.1 Å². The number of hydrogen-bond acceptors (Lipinski definition) is 3. The molecule has 0 aromatic carbocycles. The number of nitrogens with zero attached hydrogens (tertiary/aromatic N) is 1.